The predicted octanol–water partition coefficient (Wildman–Crippen LogP) is 1.51. The van der Waals surface area contributed by atoms with Crippen LogP contribution in [0.25, 0.3) is 0 Å². The molecule has 1 N–H and O–H groups in total. The molecule has 0 saturated heterocycles. The van der Waals surface area contributed by atoms with Crippen LogP contribution in [0.4, 0.5) is 0 Å². The summed E-state index contributed by atoms with van der Waals surface area (Å²) >= 11 is 7.23. The van der Waals surface area contributed by atoms with Gasteiger partial charge in [0, 0.05) is 17.0 Å². The summed E-state index contributed by atoms with van der Waals surface area (Å²) in [6.07, 6.45) is 0. The molecular formula is C9H9ClN4OS. The highest BCUT2D eigenvalue weighted by Crippen LogP contribution is 2.30. The lowest BCUT2D eigenvalue weighted by Gasteiger charge is -2.05. The molecule has 16 heavy (non-hydrogen) atoms. The second-order valence-electron chi connectivity index (χ2n) is 3.10. The Balaban J connectivity index is 2.31. The van der Waals surface area contributed by atoms with E-state index in [1.165, 1.54) is 11.8 Å². The Hall–Kier alpha value is -1.11. The van der Waals surface area contributed by atoms with Crippen molar-refractivity contribution < 1.29 is 5.11 Å². The van der Waals surface area contributed by atoms with E-state index in [1.54, 1.807) is 23.9 Å². The first kappa shape index (κ1) is 11.4. The summed E-state index contributed by atoms with van der Waals surface area (Å²) in [6, 6.07) is 5.34. The number of aliphatic hydroxyl groups is 1. The Kier molecular flexibility index (Phi) is 3.42. The lowest BCUT2D eigenvalue weighted by atomic mass is 10.2. The summed E-state index contributed by atoms with van der Waals surface area (Å²) in [6.45, 7) is -0.0613. The Morgan fingerprint density at radius 3 is 2.94 bits per heavy atom. The average molecular weight is 257 g/mol. The van der Waals surface area contributed by atoms with E-state index in [-0.39, 0.29) is 6.61 Å². The molecule has 0 saturated carbocycles. The van der Waals surface area contributed by atoms with E-state index in [4.69, 9.17) is 11.6 Å². The van der Waals surface area contributed by atoms with Crippen LogP contribution in [0, 0.1) is 0 Å². The number of hydrogen-bond donors (Lipinski definition) is 1. The minimum atomic E-state index is -0.0613. The molecule has 2 aromatic rings. The van der Waals surface area contributed by atoms with Crippen molar-refractivity contribution in [2.24, 2.45) is 7.05 Å². The van der Waals surface area contributed by atoms with Gasteiger partial charge in [0.2, 0.25) is 5.16 Å². The first-order chi connectivity index (χ1) is 7.70. The van der Waals surface area contributed by atoms with Crippen LogP contribution in [0.1, 0.15) is 5.56 Å². The molecule has 0 spiro atoms. The quantitative estimate of drug-likeness (QED) is 0.902. The summed E-state index contributed by atoms with van der Waals surface area (Å²) in [7, 11) is 1.76. The van der Waals surface area contributed by atoms with Crippen LogP contribution < -0.4 is 0 Å². The molecule has 0 unspecified atom stereocenters. The average Bonchev–Trinajstić information content (AvgIpc) is 2.67. The zero-order chi connectivity index (χ0) is 11.5. The fourth-order valence-electron chi connectivity index (χ4n) is 1.18. The van der Waals surface area contributed by atoms with Gasteiger partial charge in [-0.25, -0.2) is 4.68 Å². The van der Waals surface area contributed by atoms with Gasteiger partial charge >= 0.3 is 0 Å². The van der Waals surface area contributed by atoms with Crippen molar-refractivity contribution in [1.82, 2.24) is 20.2 Å². The van der Waals surface area contributed by atoms with Gasteiger partial charge in [-0.3, -0.25) is 0 Å². The van der Waals surface area contributed by atoms with Gasteiger partial charge in [0.1, 0.15) is 0 Å². The Labute approximate surface area is 101 Å². The van der Waals surface area contributed by atoms with Crippen molar-refractivity contribution in [3.05, 3.63) is 28.8 Å². The van der Waals surface area contributed by atoms with E-state index in [0.717, 1.165) is 10.5 Å². The van der Waals surface area contributed by atoms with Crippen LogP contribution in [0.15, 0.2) is 28.3 Å². The zero-order valence-corrected chi connectivity index (χ0v) is 10.0. The second-order valence-corrected chi connectivity index (χ2v) is 4.54. The topological polar surface area (TPSA) is 63.8 Å². The summed E-state index contributed by atoms with van der Waals surface area (Å²) in [5.41, 5.74) is 0.764. The van der Waals surface area contributed by atoms with Crippen molar-refractivity contribution in [3.63, 3.8) is 0 Å². The van der Waals surface area contributed by atoms with Crippen LogP contribution in [-0.4, -0.2) is 25.3 Å². The van der Waals surface area contributed by atoms with Crippen LogP contribution in [-0.2, 0) is 13.7 Å². The highest BCUT2D eigenvalue weighted by atomic mass is 35.5. The van der Waals surface area contributed by atoms with E-state index in [1.807, 2.05) is 6.07 Å². The molecule has 7 heteroatoms. The van der Waals surface area contributed by atoms with E-state index in [2.05, 4.69) is 15.5 Å². The van der Waals surface area contributed by atoms with Gasteiger partial charge < -0.3 is 5.11 Å². The summed E-state index contributed by atoms with van der Waals surface area (Å²) in [5, 5.41) is 21.6. The Morgan fingerprint density at radius 2 is 2.31 bits per heavy atom. The molecule has 0 atom stereocenters. The van der Waals surface area contributed by atoms with Gasteiger partial charge in [-0.1, -0.05) is 11.6 Å². The highest BCUT2D eigenvalue weighted by Gasteiger charge is 2.09. The van der Waals surface area contributed by atoms with Crippen LogP contribution in [0.5, 0.6) is 0 Å². The molecule has 0 fully saturated rings. The number of benzene rings is 1. The smallest absolute Gasteiger partial charge is 0.213 e. The van der Waals surface area contributed by atoms with Crippen molar-refractivity contribution >= 4 is 23.4 Å². The molecular weight excluding hydrogens is 248 g/mol. The van der Waals surface area contributed by atoms with Crippen molar-refractivity contribution in [1.29, 1.82) is 0 Å². The van der Waals surface area contributed by atoms with Gasteiger partial charge in [-0.15, -0.1) is 5.10 Å². The minimum Gasteiger partial charge on any atom is -0.392 e. The van der Waals surface area contributed by atoms with E-state index < -0.39 is 0 Å². The van der Waals surface area contributed by atoms with Crippen molar-refractivity contribution in [3.8, 4) is 0 Å². The maximum Gasteiger partial charge on any atom is 0.213 e. The molecule has 1 aromatic carbocycles. The molecule has 5 nitrogen and oxygen atoms in total. The standard InChI is InChI=1S/C9H9ClN4OS/c1-14-9(11-12-13-14)16-8-3-2-7(10)4-6(8)5-15/h2-4,15H,5H2,1H3. The van der Waals surface area contributed by atoms with Crippen LogP contribution in [0.2, 0.25) is 5.02 Å². The van der Waals surface area contributed by atoms with Crippen molar-refractivity contribution in [2.75, 3.05) is 0 Å². The van der Waals surface area contributed by atoms with E-state index in [9.17, 15) is 5.11 Å². The maximum absolute atomic E-state index is 9.21. The highest BCUT2D eigenvalue weighted by molar-refractivity contribution is 7.99. The molecule has 0 aliphatic carbocycles. The lowest BCUT2D eigenvalue weighted by molar-refractivity contribution is 0.279. The largest absolute Gasteiger partial charge is 0.392 e. The van der Waals surface area contributed by atoms with Crippen LogP contribution >= 0.6 is 23.4 Å². The molecule has 1 aromatic heterocycles. The fourth-order valence-corrected chi connectivity index (χ4v) is 2.21. The minimum absolute atomic E-state index is 0.0613. The number of rotatable bonds is 3. The monoisotopic (exact) mass is 256 g/mol. The number of nitrogens with zero attached hydrogens (tertiary/aromatic N) is 4. The first-order valence-electron chi connectivity index (χ1n) is 4.50. The number of aliphatic hydroxyl groups excluding tert-OH is 1. The third-order valence-corrected chi connectivity index (χ3v) is 3.36. The third-order valence-electron chi connectivity index (χ3n) is 1.98. The predicted molar refractivity (Wildman–Crippen MR) is 60.3 cm³/mol. The fraction of sp³-hybridized carbons (Fsp3) is 0.222. The third kappa shape index (κ3) is 2.34. The summed E-state index contributed by atoms with van der Waals surface area (Å²) < 4.78 is 1.57. The molecule has 0 bridgehead atoms. The maximum atomic E-state index is 9.21. The molecule has 1 heterocycles. The van der Waals surface area contributed by atoms with Crippen LogP contribution in [0.3, 0.4) is 0 Å². The van der Waals surface area contributed by atoms with Gasteiger partial charge in [-0.2, -0.15) is 0 Å². The normalized spacial score (nSPS) is 10.7. The number of halogens is 1. The second kappa shape index (κ2) is 4.82. The molecule has 0 aliphatic heterocycles. The van der Waals surface area contributed by atoms with Gasteiger partial charge in [0.15, 0.2) is 0 Å². The molecule has 0 aliphatic rings. The molecule has 0 amide bonds. The summed E-state index contributed by atoms with van der Waals surface area (Å²) in [4.78, 5) is 0.893. The molecule has 0 radical (unpaired) electrons. The molecule has 2 rings (SSSR count). The van der Waals surface area contributed by atoms with E-state index >= 15 is 0 Å². The number of aryl methyl sites for hydroxylation is 1. The first-order valence-corrected chi connectivity index (χ1v) is 5.69. The van der Waals surface area contributed by atoms with Gasteiger partial charge in [-0.05, 0) is 46.0 Å². The molecule has 84 valence electrons. The number of hydrogen-bond acceptors (Lipinski definition) is 5. The number of tetrazole rings is 1. The van der Waals surface area contributed by atoms with Crippen molar-refractivity contribution in [2.45, 2.75) is 16.7 Å². The zero-order valence-electron chi connectivity index (χ0n) is 8.46. The number of aromatic nitrogens is 4. The SMILES string of the molecule is Cn1nnnc1Sc1ccc(Cl)cc1CO. The Bertz CT molecular complexity index is 502. The van der Waals surface area contributed by atoms with Gasteiger partial charge in [0.25, 0.3) is 0 Å². The summed E-state index contributed by atoms with van der Waals surface area (Å²) in [5.74, 6) is 0. The Morgan fingerprint density at radius 1 is 1.50 bits per heavy atom. The van der Waals surface area contributed by atoms with E-state index in [0.29, 0.717) is 10.2 Å². The van der Waals surface area contributed by atoms with Gasteiger partial charge in [0.05, 0.1) is 6.61 Å². The lowest BCUT2D eigenvalue weighted by Crippen LogP contribution is -1.94.